The fraction of sp³-hybridized carbons (Fsp3) is 0.333. The Kier molecular flexibility index (Phi) is 9.22. The van der Waals surface area contributed by atoms with E-state index in [-0.39, 0.29) is 24.0 Å². The first-order chi connectivity index (χ1) is 13.6. The van der Waals surface area contributed by atoms with Crippen LogP contribution in [0.1, 0.15) is 29.3 Å². The van der Waals surface area contributed by atoms with Gasteiger partial charge in [0.15, 0.2) is 5.96 Å². The Morgan fingerprint density at radius 1 is 1.28 bits per heavy atom. The average molecular weight is 572 g/mol. The number of nitrogens with zero attached hydrogens (tertiary/aromatic N) is 2. The number of carbonyl (C=O) groups is 1. The number of amides is 1. The minimum atomic E-state index is -0.422. The van der Waals surface area contributed by atoms with E-state index < -0.39 is 5.91 Å². The minimum absolute atomic E-state index is 0. The van der Waals surface area contributed by atoms with Crippen LogP contribution in [0.3, 0.4) is 0 Å². The van der Waals surface area contributed by atoms with Gasteiger partial charge in [-0.05, 0) is 59.1 Å². The van der Waals surface area contributed by atoms with Gasteiger partial charge in [-0.1, -0.05) is 24.3 Å². The van der Waals surface area contributed by atoms with Gasteiger partial charge in [0.25, 0.3) is 0 Å². The molecule has 1 fully saturated rings. The molecule has 2 aromatic rings. The summed E-state index contributed by atoms with van der Waals surface area (Å²) in [5.74, 6) is 0.361. The fourth-order valence-electron chi connectivity index (χ4n) is 3.31. The highest BCUT2D eigenvalue weighted by atomic mass is 127. The summed E-state index contributed by atoms with van der Waals surface area (Å²) in [6, 6.07) is 15.9. The van der Waals surface area contributed by atoms with Crippen molar-refractivity contribution in [2.45, 2.75) is 25.9 Å². The Hall–Kier alpha value is -1.81. The molecule has 0 saturated carbocycles. The summed E-state index contributed by atoms with van der Waals surface area (Å²) < 4.78 is 1.12. The topological polar surface area (TPSA) is 82.7 Å². The van der Waals surface area contributed by atoms with E-state index in [4.69, 9.17) is 5.73 Å². The molecule has 1 aliphatic rings. The number of guanidine groups is 1. The van der Waals surface area contributed by atoms with E-state index in [1.54, 1.807) is 12.1 Å². The van der Waals surface area contributed by atoms with Gasteiger partial charge in [0, 0.05) is 35.7 Å². The molecule has 0 radical (unpaired) electrons. The van der Waals surface area contributed by atoms with Crippen molar-refractivity contribution in [1.29, 1.82) is 0 Å². The number of carbonyl (C=O) groups excluding carboxylic acids is 1. The second-order valence-corrected chi connectivity index (χ2v) is 7.64. The number of hydrogen-bond donors (Lipinski definition) is 3. The smallest absolute Gasteiger partial charge is 0.248 e. The molecule has 1 saturated heterocycles. The molecule has 0 spiro atoms. The Labute approximate surface area is 197 Å². The van der Waals surface area contributed by atoms with Crippen LogP contribution in [0.4, 0.5) is 5.69 Å². The van der Waals surface area contributed by atoms with Crippen molar-refractivity contribution in [3.05, 3.63) is 64.1 Å². The SMILES string of the molecule is CCNC(=NCc1cccc(C(N)=O)c1)NC1CCN(c2ccccc2Br)C1.I. The molecule has 1 unspecified atom stereocenters. The summed E-state index contributed by atoms with van der Waals surface area (Å²) in [7, 11) is 0. The first-order valence-corrected chi connectivity index (χ1v) is 10.3. The molecule has 29 heavy (non-hydrogen) atoms. The number of hydrogen-bond acceptors (Lipinski definition) is 3. The third-order valence-corrected chi connectivity index (χ3v) is 5.37. The maximum atomic E-state index is 11.3. The minimum Gasteiger partial charge on any atom is -0.368 e. The van der Waals surface area contributed by atoms with Crippen LogP contribution in [0.5, 0.6) is 0 Å². The molecule has 1 amide bonds. The van der Waals surface area contributed by atoms with Crippen molar-refractivity contribution >= 4 is 57.5 Å². The van der Waals surface area contributed by atoms with Crippen molar-refractivity contribution in [3.63, 3.8) is 0 Å². The lowest BCUT2D eigenvalue weighted by Gasteiger charge is -2.21. The predicted octanol–water partition coefficient (Wildman–Crippen LogP) is 3.50. The maximum absolute atomic E-state index is 11.3. The van der Waals surface area contributed by atoms with Gasteiger partial charge in [-0.2, -0.15) is 0 Å². The van der Waals surface area contributed by atoms with E-state index in [0.717, 1.165) is 42.1 Å². The van der Waals surface area contributed by atoms with Gasteiger partial charge in [0.2, 0.25) is 5.91 Å². The van der Waals surface area contributed by atoms with E-state index >= 15 is 0 Å². The first kappa shape index (κ1) is 23.5. The highest BCUT2D eigenvalue weighted by molar-refractivity contribution is 14.0. The molecule has 1 atom stereocenters. The summed E-state index contributed by atoms with van der Waals surface area (Å²) in [6.07, 6.45) is 1.04. The first-order valence-electron chi connectivity index (χ1n) is 9.50. The van der Waals surface area contributed by atoms with Gasteiger partial charge in [-0.15, -0.1) is 24.0 Å². The zero-order valence-electron chi connectivity index (χ0n) is 16.4. The van der Waals surface area contributed by atoms with Crippen LogP contribution in [-0.2, 0) is 6.54 Å². The molecule has 0 bridgehead atoms. The normalized spacial score (nSPS) is 16.3. The third-order valence-electron chi connectivity index (χ3n) is 4.70. The average Bonchev–Trinajstić information content (AvgIpc) is 3.15. The largest absolute Gasteiger partial charge is 0.368 e. The van der Waals surface area contributed by atoms with Crippen LogP contribution in [0.25, 0.3) is 0 Å². The molecule has 3 rings (SSSR count). The molecule has 8 heteroatoms. The monoisotopic (exact) mass is 571 g/mol. The van der Waals surface area contributed by atoms with Crippen molar-refractivity contribution < 1.29 is 4.79 Å². The van der Waals surface area contributed by atoms with Crippen LogP contribution in [0.15, 0.2) is 58.0 Å². The number of para-hydroxylation sites is 1. The maximum Gasteiger partial charge on any atom is 0.248 e. The van der Waals surface area contributed by atoms with Crippen LogP contribution in [0, 0.1) is 0 Å². The summed E-state index contributed by atoms with van der Waals surface area (Å²) in [5.41, 5.74) is 8.04. The molecule has 4 N–H and O–H groups in total. The third kappa shape index (κ3) is 6.60. The Bertz CT molecular complexity index is 860. The molecule has 1 heterocycles. The molecule has 6 nitrogen and oxygen atoms in total. The number of nitrogens with one attached hydrogen (secondary N) is 2. The van der Waals surface area contributed by atoms with Crippen molar-refractivity contribution in [1.82, 2.24) is 10.6 Å². The van der Waals surface area contributed by atoms with E-state index in [9.17, 15) is 4.79 Å². The van der Waals surface area contributed by atoms with Crippen LogP contribution < -0.4 is 21.3 Å². The van der Waals surface area contributed by atoms with Gasteiger partial charge in [-0.25, -0.2) is 4.99 Å². The van der Waals surface area contributed by atoms with Gasteiger partial charge in [0.05, 0.1) is 12.2 Å². The van der Waals surface area contributed by atoms with Crippen LogP contribution >= 0.6 is 39.9 Å². The molecule has 1 aliphatic heterocycles. The quantitative estimate of drug-likeness (QED) is 0.281. The van der Waals surface area contributed by atoms with Gasteiger partial charge in [-0.3, -0.25) is 4.79 Å². The molecule has 2 aromatic carbocycles. The van der Waals surface area contributed by atoms with E-state index in [1.807, 2.05) is 25.1 Å². The van der Waals surface area contributed by atoms with Gasteiger partial charge < -0.3 is 21.3 Å². The van der Waals surface area contributed by atoms with E-state index in [1.165, 1.54) is 5.69 Å². The lowest BCUT2D eigenvalue weighted by atomic mass is 10.1. The number of anilines is 1. The number of benzene rings is 2. The highest BCUT2D eigenvalue weighted by Crippen LogP contribution is 2.28. The van der Waals surface area contributed by atoms with Crippen molar-refractivity contribution in [2.24, 2.45) is 10.7 Å². The number of rotatable bonds is 6. The molecule has 0 aromatic heterocycles. The summed E-state index contributed by atoms with van der Waals surface area (Å²) in [4.78, 5) is 18.4. The standard InChI is InChI=1S/C21H26BrN5O.HI/c1-2-24-21(25-13-15-6-5-7-16(12-15)20(23)28)26-17-10-11-27(14-17)19-9-4-3-8-18(19)22;/h3-9,12,17H,2,10-11,13-14H2,1H3,(H2,23,28)(H2,24,25,26);1H. The number of aliphatic imine (C=N–C) groups is 1. The highest BCUT2D eigenvalue weighted by Gasteiger charge is 2.24. The number of nitrogens with two attached hydrogens (primary N) is 1. The zero-order chi connectivity index (χ0) is 19.9. The molecule has 0 aliphatic carbocycles. The van der Waals surface area contributed by atoms with Crippen LogP contribution in [0.2, 0.25) is 0 Å². The second kappa shape index (κ2) is 11.4. The van der Waals surface area contributed by atoms with E-state index in [2.05, 4.69) is 54.7 Å². The molecular formula is C21H27BrIN5O. The fourth-order valence-corrected chi connectivity index (χ4v) is 3.85. The lowest BCUT2D eigenvalue weighted by Crippen LogP contribution is -2.44. The van der Waals surface area contributed by atoms with Gasteiger partial charge in [0.1, 0.15) is 0 Å². The predicted molar refractivity (Wildman–Crippen MR) is 133 cm³/mol. The molecule has 156 valence electrons. The lowest BCUT2D eigenvalue weighted by molar-refractivity contribution is 0.1000. The van der Waals surface area contributed by atoms with Crippen LogP contribution in [-0.4, -0.2) is 37.5 Å². The Morgan fingerprint density at radius 2 is 2.07 bits per heavy atom. The van der Waals surface area contributed by atoms with E-state index in [0.29, 0.717) is 18.2 Å². The Morgan fingerprint density at radius 3 is 2.79 bits per heavy atom. The van der Waals surface area contributed by atoms with Crippen molar-refractivity contribution in [3.8, 4) is 0 Å². The number of halogens is 2. The van der Waals surface area contributed by atoms with Crippen molar-refractivity contribution in [2.75, 3.05) is 24.5 Å². The van der Waals surface area contributed by atoms with Gasteiger partial charge >= 0.3 is 0 Å². The summed E-state index contributed by atoms with van der Waals surface area (Å²) >= 11 is 3.64. The zero-order valence-corrected chi connectivity index (χ0v) is 20.3. The summed E-state index contributed by atoms with van der Waals surface area (Å²) in [6.45, 7) is 5.24. The Balaban J connectivity index is 0.00000300. The summed E-state index contributed by atoms with van der Waals surface area (Å²) in [5, 5.41) is 6.84. The number of primary amides is 1. The molecular weight excluding hydrogens is 545 g/mol. The second-order valence-electron chi connectivity index (χ2n) is 6.79.